The SMILES string of the molecule is C#CCNCC(=O)NCC(CC)CCO. The van der Waals surface area contributed by atoms with Crippen molar-refractivity contribution in [1.29, 1.82) is 0 Å². The maximum absolute atomic E-state index is 11.2. The fourth-order valence-electron chi connectivity index (χ4n) is 1.20. The van der Waals surface area contributed by atoms with Gasteiger partial charge in [0.05, 0.1) is 13.1 Å². The number of carbonyl (C=O) groups is 1. The van der Waals surface area contributed by atoms with Crippen LogP contribution in [-0.4, -0.2) is 37.3 Å². The average molecular weight is 212 g/mol. The summed E-state index contributed by atoms with van der Waals surface area (Å²) in [6, 6.07) is 0. The van der Waals surface area contributed by atoms with Gasteiger partial charge in [0.25, 0.3) is 0 Å². The van der Waals surface area contributed by atoms with Crippen LogP contribution >= 0.6 is 0 Å². The van der Waals surface area contributed by atoms with E-state index in [0.717, 1.165) is 12.8 Å². The van der Waals surface area contributed by atoms with E-state index in [9.17, 15) is 4.79 Å². The summed E-state index contributed by atoms with van der Waals surface area (Å²) in [6.45, 7) is 3.49. The molecular weight excluding hydrogens is 192 g/mol. The molecule has 4 heteroatoms. The number of aliphatic hydroxyl groups is 1. The number of amides is 1. The molecule has 1 atom stereocenters. The largest absolute Gasteiger partial charge is 0.396 e. The van der Waals surface area contributed by atoms with E-state index in [0.29, 0.717) is 19.0 Å². The van der Waals surface area contributed by atoms with Crippen molar-refractivity contribution in [1.82, 2.24) is 10.6 Å². The molecule has 0 heterocycles. The van der Waals surface area contributed by atoms with Crippen molar-refractivity contribution in [3.05, 3.63) is 0 Å². The molecule has 1 amide bonds. The Morgan fingerprint density at radius 2 is 2.33 bits per heavy atom. The Kier molecular flexibility index (Phi) is 8.84. The first-order valence-electron chi connectivity index (χ1n) is 5.26. The molecular formula is C11H20N2O2. The summed E-state index contributed by atoms with van der Waals surface area (Å²) in [6.07, 6.45) is 6.71. The van der Waals surface area contributed by atoms with E-state index >= 15 is 0 Å². The van der Waals surface area contributed by atoms with Crippen LogP contribution in [0, 0.1) is 18.3 Å². The van der Waals surface area contributed by atoms with Crippen LogP contribution in [0.15, 0.2) is 0 Å². The zero-order valence-corrected chi connectivity index (χ0v) is 9.25. The molecule has 3 N–H and O–H groups in total. The van der Waals surface area contributed by atoms with Gasteiger partial charge in [0, 0.05) is 13.2 Å². The molecule has 0 aliphatic carbocycles. The van der Waals surface area contributed by atoms with Gasteiger partial charge in [-0.25, -0.2) is 0 Å². The summed E-state index contributed by atoms with van der Waals surface area (Å²) >= 11 is 0. The van der Waals surface area contributed by atoms with Gasteiger partial charge in [-0.3, -0.25) is 10.1 Å². The second kappa shape index (κ2) is 9.50. The Morgan fingerprint density at radius 1 is 1.60 bits per heavy atom. The highest BCUT2D eigenvalue weighted by Gasteiger charge is 2.07. The molecule has 15 heavy (non-hydrogen) atoms. The van der Waals surface area contributed by atoms with Crippen molar-refractivity contribution in [3.63, 3.8) is 0 Å². The fourth-order valence-corrected chi connectivity index (χ4v) is 1.20. The third-order valence-corrected chi connectivity index (χ3v) is 2.22. The maximum atomic E-state index is 11.2. The first-order valence-corrected chi connectivity index (χ1v) is 5.26. The molecule has 1 unspecified atom stereocenters. The number of carbonyl (C=O) groups excluding carboxylic acids is 1. The summed E-state index contributed by atoms with van der Waals surface area (Å²) in [4.78, 5) is 11.2. The van der Waals surface area contributed by atoms with Crippen LogP contribution in [0.4, 0.5) is 0 Å². The Bertz CT molecular complexity index is 211. The van der Waals surface area contributed by atoms with Gasteiger partial charge in [0.2, 0.25) is 5.91 Å². The second-order valence-electron chi connectivity index (χ2n) is 3.40. The number of nitrogens with one attached hydrogen (secondary N) is 2. The van der Waals surface area contributed by atoms with Crippen molar-refractivity contribution in [2.24, 2.45) is 5.92 Å². The van der Waals surface area contributed by atoms with E-state index < -0.39 is 0 Å². The van der Waals surface area contributed by atoms with Crippen LogP contribution in [0.5, 0.6) is 0 Å². The zero-order valence-electron chi connectivity index (χ0n) is 9.25. The van der Waals surface area contributed by atoms with Crippen molar-refractivity contribution in [2.45, 2.75) is 19.8 Å². The lowest BCUT2D eigenvalue weighted by Crippen LogP contribution is -2.36. The quantitative estimate of drug-likeness (QED) is 0.383. The predicted molar refractivity (Wildman–Crippen MR) is 60.2 cm³/mol. The molecule has 0 saturated carbocycles. The Balaban J connectivity index is 3.55. The lowest BCUT2D eigenvalue weighted by Gasteiger charge is -2.14. The number of hydrogen-bond donors (Lipinski definition) is 3. The second-order valence-corrected chi connectivity index (χ2v) is 3.40. The minimum Gasteiger partial charge on any atom is -0.396 e. The molecule has 0 radical (unpaired) electrons. The van der Waals surface area contributed by atoms with Crippen LogP contribution in [0.3, 0.4) is 0 Å². The third-order valence-electron chi connectivity index (χ3n) is 2.22. The van der Waals surface area contributed by atoms with Gasteiger partial charge in [0.1, 0.15) is 0 Å². The molecule has 0 aromatic rings. The van der Waals surface area contributed by atoms with Gasteiger partial charge in [-0.05, 0) is 12.3 Å². The van der Waals surface area contributed by atoms with E-state index in [2.05, 4.69) is 16.6 Å². The van der Waals surface area contributed by atoms with E-state index in [4.69, 9.17) is 11.5 Å². The van der Waals surface area contributed by atoms with Gasteiger partial charge < -0.3 is 10.4 Å². The zero-order chi connectivity index (χ0) is 11.5. The predicted octanol–water partition coefficient (Wildman–Crippen LogP) is -0.266. The van der Waals surface area contributed by atoms with Gasteiger partial charge in [0.15, 0.2) is 0 Å². The summed E-state index contributed by atoms with van der Waals surface area (Å²) < 4.78 is 0. The van der Waals surface area contributed by atoms with Gasteiger partial charge in [-0.2, -0.15) is 0 Å². The summed E-state index contributed by atoms with van der Waals surface area (Å²) in [7, 11) is 0. The normalized spacial score (nSPS) is 11.8. The lowest BCUT2D eigenvalue weighted by atomic mass is 10.0. The molecule has 0 spiro atoms. The van der Waals surface area contributed by atoms with Crippen LogP contribution in [0.25, 0.3) is 0 Å². The minimum atomic E-state index is -0.0540. The highest BCUT2D eigenvalue weighted by atomic mass is 16.3. The summed E-state index contributed by atoms with van der Waals surface area (Å²) in [5.74, 6) is 2.69. The first-order chi connectivity index (χ1) is 7.24. The van der Waals surface area contributed by atoms with E-state index in [1.165, 1.54) is 0 Å². The van der Waals surface area contributed by atoms with Crippen molar-refractivity contribution < 1.29 is 9.90 Å². The van der Waals surface area contributed by atoms with Gasteiger partial charge in [-0.15, -0.1) is 6.42 Å². The van der Waals surface area contributed by atoms with Crippen LogP contribution in [0.2, 0.25) is 0 Å². The fraction of sp³-hybridized carbons (Fsp3) is 0.727. The monoisotopic (exact) mass is 212 g/mol. The highest BCUT2D eigenvalue weighted by molar-refractivity contribution is 5.77. The topological polar surface area (TPSA) is 61.4 Å². The molecule has 0 saturated heterocycles. The molecule has 4 nitrogen and oxygen atoms in total. The summed E-state index contributed by atoms with van der Waals surface area (Å²) in [5.41, 5.74) is 0. The minimum absolute atomic E-state index is 0.0540. The highest BCUT2D eigenvalue weighted by Crippen LogP contribution is 2.04. The van der Waals surface area contributed by atoms with Crippen molar-refractivity contribution in [3.8, 4) is 12.3 Å². The molecule has 0 aliphatic heterocycles. The Hall–Kier alpha value is -1.05. The van der Waals surface area contributed by atoms with E-state index in [-0.39, 0.29) is 19.1 Å². The van der Waals surface area contributed by atoms with Crippen LogP contribution < -0.4 is 10.6 Å². The maximum Gasteiger partial charge on any atom is 0.233 e. The van der Waals surface area contributed by atoms with E-state index in [1.807, 2.05) is 6.92 Å². The number of terminal acetylenes is 1. The third kappa shape index (κ3) is 7.98. The molecule has 0 aliphatic rings. The van der Waals surface area contributed by atoms with Crippen LogP contribution in [-0.2, 0) is 4.79 Å². The van der Waals surface area contributed by atoms with Crippen molar-refractivity contribution in [2.75, 3.05) is 26.2 Å². The lowest BCUT2D eigenvalue weighted by molar-refractivity contribution is -0.120. The standard InChI is InChI=1S/C11H20N2O2/c1-3-6-12-9-11(15)13-8-10(4-2)5-7-14/h1,10,12,14H,4-9H2,2H3,(H,13,15). The van der Waals surface area contributed by atoms with Gasteiger partial charge in [-0.1, -0.05) is 19.3 Å². The Morgan fingerprint density at radius 3 is 2.87 bits per heavy atom. The number of hydrogen-bond acceptors (Lipinski definition) is 3. The molecule has 86 valence electrons. The smallest absolute Gasteiger partial charge is 0.233 e. The first kappa shape index (κ1) is 13.9. The molecule has 0 aromatic heterocycles. The molecule has 0 fully saturated rings. The molecule has 0 bridgehead atoms. The Labute approximate surface area is 91.4 Å². The average Bonchev–Trinajstić information content (AvgIpc) is 2.24. The summed E-state index contributed by atoms with van der Waals surface area (Å²) in [5, 5.41) is 14.4. The van der Waals surface area contributed by atoms with Crippen LogP contribution in [0.1, 0.15) is 19.8 Å². The number of rotatable bonds is 8. The number of aliphatic hydroxyl groups excluding tert-OH is 1. The van der Waals surface area contributed by atoms with Gasteiger partial charge >= 0.3 is 0 Å². The molecule has 0 aromatic carbocycles. The molecule has 0 rings (SSSR count). The van der Waals surface area contributed by atoms with Crippen molar-refractivity contribution >= 4 is 5.91 Å². The van der Waals surface area contributed by atoms with E-state index in [1.54, 1.807) is 0 Å².